The van der Waals surface area contributed by atoms with Gasteiger partial charge in [0, 0.05) is 19.4 Å². The van der Waals surface area contributed by atoms with Crippen LogP contribution in [0.15, 0.2) is 18.2 Å². The minimum absolute atomic E-state index is 0.100. The van der Waals surface area contributed by atoms with Gasteiger partial charge in [-0.15, -0.1) is 0 Å². The fourth-order valence-corrected chi connectivity index (χ4v) is 3.42. The Bertz CT molecular complexity index is 693. The van der Waals surface area contributed by atoms with Gasteiger partial charge in [-0.3, -0.25) is 4.79 Å². The SMILES string of the molecule is CC(CC(=O)NCCc1nc2ccc(F)cc2[nH]1)C1CCNCC1. The highest BCUT2D eigenvalue weighted by Gasteiger charge is 2.21. The van der Waals surface area contributed by atoms with Crippen molar-refractivity contribution in [3.8, 4) is 0 Å². The maximum Gasteiger partial charge on any atom is 0.220 e. The number of H-pyrrole nitrogens is 1. The van der Waals surface area contributed by atoms with Crippen LogP contribution < -0.4 is 10.6 Å². The molecule has 0 aliphatic carbocycles. The molecule has 3 N–H and O–H groups in total. The first-order valence-electron chi connectivity index (χ1n) is 8.73. The number of fused-ring (bicyclic) bond motifs is 1. The molecule has 6 heteroatoms. The molecular formula is C18H25FN4O. The predicted molar refractivity (Wildman–Crippen MR) is 92.1 cm³/mol. The standard InChI is InChI=1S/C18H25FN4O/c1-12(13-4-7-20-8-5-13)10-18(24)21-9-6-17-22-15-3-2-14(19)11-16(15)23-17/h2-3,11-13,20H,4-10H2,1H3,(H,21,24)(H,22,23). The Morgan fingerprint density at radius 3 is 3.00 bits per heavy atom. The molecular weight excluding hydrogens is 307 g/mol. The first kappa shape index (κ1) is 16.9. The Balaban J connectivity index is 1.43. The normalized spacial score (nSPS) is 17.1. The van der Waals surface area contributed by atoms with Crippen molar-refractivity contribution < 1.29 is 9.18 Å². The van der Waals surface area contributed by atoms with E-state index in [1.54, 1.807) is 6.07 Å². The van der Waals surface area contributed by atoms with E-state index in [4.69, 9.17) is 0 Å². The van der Waals surface area contributed by atoms with Crippen LogP contribution in [0.5, 0.6) is 0 Å². The molecule has 1 aromatic carbocycles. The lowest BCUT2D eigenvalue weighted by molar-refractivity contribution is -0.122. The van der Waals surface area contributed by atoms with Crippen LogP contribution in [0.3, 0.4) is 0 Å². The van der Waals surface area contributed by atoms with E-state index in [0.717, 1.165) is 37.3 Å². The van der Waals surface area contributed by atoms with Crippen LogP contribution in [-0.4, -0.2) is 35.5 Å². The van der Waals surface area contributed by atoms with Gasteiger partial charge in [0.1, 0.15) is 11.6 Å². The number of piperidine rings is 1. The molecule has 1 atom stereocenters. The summed E-state index contributed by atoms with van der Waals surface area (Å²) < 4.78 is 13.2. The lowest BCUT2D eigenvalue weighted by Crippen LogP contribution is -2.34. The van der Waals surface area contributed by atoms with Crippen molar-refractivity contribution in [1.82, 2.24) is 20.6 Å². The average molecular weight is 332 g/mol. The van der Waals surface area contributed by atoms with Crippen molar-refractivity contribution in [2.45, 2.75) is 32.6 Å². The molecule has 24 heavy (non-hydrogen) atoms. The second kappa shape index (κ2) is 7.75. The number of hydrogen-bond acceptors (Lipinski definition) is 3. The summed E-state index contributed by atoms with van der Waals surface area (Å²) in [4.78, 5) is 19.6. The molecule has 1 saturated heterocycles. The third kappa shape index (κ3) is 4.32. The lowest BCUT2D eigenvalue weighted by Gasteiger charge is -2.27. The van der Waals surface area contributed by atoms with Gasteiger partial charge in [0.05, 0.1) is 11.0 Å². The molecule has 5 nitrogen and oxygen atoms in total. The summed E-state index contributed by atoms with van der Waals surface area (Å²) in [6.45, 7) is 4.83. The zero-order valence-corrected chi connectivity index (χ0v) is 14.1. The van der Waals surface area contributed by atoms with E-state index in [2.05, 4.69) is 27.5 Å². The molecule has 1 aliphatic heterocycles. The smallest absolute Gasteiger partial charge is 0.220 e. The number of imidazole rings is 1. The lowest BCUT2D eigenvalue weighted by atomic mass is 9.84. The van der Waals surface area contributed by atoms with Gasteiger partial charge in [0.2, 0.25) is 5.91 Å². The number of nitrogens with one attached hydrogen (secondary N) is 3. The van der Waals surface area contributed by atoms with Crippen molar-refractivity contribution in [1.29, 1.82) is 0 Å². The second-order valence-electron chi connectivity index (χ2n) is 6.71. The van der Waals surface area contributed by atoms with Crippen molar-refractivity contribution in [3.63, 3.8) is 0 Å². The summed E-state index contributed by atoms with van der Waals surface area (Å²) in [6.07, 6.45) is 3.51. The number of nitrogens with zero attached hydrogens (tertiary/aromatic N) is 1. The predicted octanol–water partition coefficient (Wildman–Crippen LogP) is 2.39. The van der Waals surface area contributed by atoms with Crippen molar-refractivity contribution >= 4 is 16.9 Å². The van der Waals surface area contributed by atoms with Gasteiger partial charge in [-0.2, -0.15) is 0 Å². The van der Waals surface area contributed by atoms with Gasteiger partial charge in [0.25, 0.3) is 0 Å². The first-order chi connectivity index (χ1) is 11.6. The maximum absolute atomic E-state index is 13.2. The number of amides is 1. The summed E-state index contributed by atoms with van der Waals surface area (Å²) in [5, 5.41) is 6.32. The van der Waals surface area contributed by atoms with Gasteiger partial charge in [-0.05, 0) is 56.0 Å². The zero-order valence-electron chi connectivity index (χ0n) is 14.1. The number of carbonyl (C=O) groups is 1. The minimum Gasteiger partial charge on any atom is -0.356 e. The van der Waals surface area contributed by atoms with Crippen LogP contribution in [0.1, 0.15) is 32.0 Å². The molecule has 130 valence electrons. The number of benzene rings is 1. The summed E-state index contributed by atoms with van der Waals surface area (Å²) in [6, 6.07) is 4.49. The molecule has 0 bridgehead atoms. The summed E-state index contributed by atoms with van der Waals surface area (Å²) in [5.41, 5.74) is 1.44. The third-order valence-electron chi connectivity index (χ3n) is 4.87. The number of aromatic nitrogens is 2. The molecule has 2 heterocycles. The summed E-state index contributed by atoms with van der Waals surface area (Å²) >= 11 is 0. The first-order valence-corrected chi connectivity index (χ1v) is 8.73. The molecule has 2 aromatic rings. The Morgan fingerprint density at radius 1 is 1.42 bits per heavy atom. The molecule has 1 aromatic heterocycles. The number of halogens is 1. The minimum atomic E-state index is -0.280. The van der Waals surface area contributed by atoms with Crippen LogP contribution in [0, 0.1) is 17.7 Å². The van der Waals surface area contributed by atoms with E-state index in [-0.39, 0.29) is 11.7 Å². The Kier molecular flexibility index (Phi) is 5.45. The van der Waals surface area contributed by atoms with Crippen molar-refractivity contribution in [3.05, 3.63) is 29.8 Å². The largest absolute Gasteiger partial charge is 0.356 e. The van der Waals surface area contributed by atoms with Crippen LogP contribution in [0.25, 0.3) is 11.0 Å². The summed E-state index contributed by atoms with van der Waals surface area (Å²) in [5.74, 6) is 1.65. The Labute approximate surface area is 141 Å². The molecule has 1 unspecified atom stereocenters. The van der Waals surface area contributed by atoms with Crippen LogP contribution >= 0.6 is 0 Å². The van der Waals surface area contributed by atoms with Crippen molar-refractivity contribution in [2.24, 2.45) is 11.8 Å². The summed E-state index contributed by atoms with van der Waals surface area (Å²) in [7, 11) is 0. The monoisotopic (exact) mass is 332 g/mol. The second-order valence-corrected chi connectivity index (χ2v) is 6.71. The Morgan fingerprint density at radius 2 is 2.21 bits per heavy atom. The molecule has 3 rings (SSSR count). The van der Waals surface area contributed by atoms with E-state index in [1.807, 2.05) is 0 Å². The van der Waals surface area contributed by atoms with Gasteiger partial charge in [-0.25, -0.2) is 9.37 Å². The zero-order chi connectivity index (χ0) is 16.9. The number of carbonyl (C=O) groups excluding carboxylic acids is 1. The maximum atomic E-state index is 13.2. The third-order valence-corrected chi connectivity index (χ3v) is 4.87. The van der Waals surface area contributed by atoms with E-state index in [1.165, 1.54) is 12.1 Å². The molecule has 1 fully saturated rings. The number of hydrogen-bond donors (Lipinski definition) is 3. The van der Waals surface area contributed by atoms with Gasteiger partial charge in [-0.1, -0.05) is 6.92 Å². The molecule has 0 spiro atoms. The fraction of sp³-hybridized carbons (Fsp3) is 0.556. The number of rotatable bonds is 6. The molecule has 1 aliphatic rings. The quantitative estimate of drug-likeness (QED) is 0.761. The fourth-order valence-electron chi connectivity index (χ4n) is 3.42. The molecule has 0 saturated carbocycles. The van der Waals surface area contributed by atoms with Gasteiger partial charge < -0.3 is 15.6 Å². The van der Waals surface area contributed by atoms with Crippen LogP contribution in [0.4, 0.5) is 4.39 Å². The van der Waals surface area contributed by atoms with Crippen molar-refractivity contribution in [2.75, 3.05) is 19.6 Å². The average Bonchev–Trinajstić information content (AvgIpc) is 2.97. The molecule has 0 radical (unpaired) electrons. The highest BCUT2D eigenvalue weighted by molar-refractivity contribution is 5.76. The van der Waals surface area contributed by atoms with Crippen LogP contribution in [0.2, 0.25) is 0 Å². The van der Waals surface area contributed by atoms with E-state index in [9.17, 15) is 9.18 Å². The van der Waals surface area contributed by atoms with E-state index >= 15 is 0 Å². The highest BCUT2D eigenvalue weighted by atomic mass is 19.1. The Hall–Kier alpha value is -1.95. The van der Waals surface area contributed by atoms with E-state index < -0.39 is 0 Å². The molecule has 1 amide bonds. The topological polar surface area (TPSA) is 69.8 Å². The van der Waals surface area contributed by atoms with E-state index in [0.29, 0.717) is 36.7 Å². The van der Waals surface area contributed by atoms with Gasteiger partial charge in [0.15, 0.2) is 0 Å². The highest BCUT2D eigenvalue weighted by Crippen LogP contribution is 2.24. The van der Waals surface area contributed by atoms with Gasteiger partial charge >= 0.3 is 0 Å². The number of aromatic amines is 1. The van der Waals surface area contributed by atoms with Crippen LogP contribution in [-0.2, 0) is 11.2 Å².